The second-order valence-corrected chi connectivity index (χ2v) is 3.84. The van der Waals surface area contributed by atoms with E-state index < -0.39 is 0 Å². The van der Waals surface area contributed by atoms with Gasteiger partial charge in [0.1, 0.15) is 15.5 Å². The van der Waals surface area contributed by atoms with Gasteiger partial charge in [-0.25, -0.2) is 9.97 Å². The highest BCUT2D eigenvalue weighted by atomic mass is 35.5. The van der Waals surface area contributed by atoms with Gasteiger partial charge in [-0.15, -0.1) is 0 Å². The minimum absolute atomic E-state index is 0.520. The molecule has 0 fully saturated rings. The average molecular weight is 200 g/mol. The van der Waals surface area contributed by atoms with Crippen LogP contribution in [0.25, 0.3) is 10.3 Å². The molecule has 2 aromatic heterocycles. The molecule has 2 heterocycles. The molecule has 3 nitrogen and oxygen atoms in total. The van der Waals surface area contributed by atoms with E-state index in [1.807, 2.05) is 13.0 Å². The van der Waals surface area contributed by atoms with Gasteiger partial charge in [-0.2, -0.15) is 0 Å². The molecule has 0 aliphatic carbocycles. The van der Waals surface area contributed by atoms with Crippen molar-refractivity contribution in [3.05, 3.63) is 16.8 Å². The standard InChI is InChI=1S/C7H6ClN3S/c1-3-2-4-6(11-5(3)8)12-7(9)10-4/h2H,1H3,(H2,9,10). The predicted octanol–water partition coefficient (Wildman–Crippen LogP) is 2.24. The van der Waals surface area contributed by atoms with Crippen molar-refractivity contribution in [2.45, 2.75) is 6.92 Å². The van der Waals surface area contributed by atoms with Crippen LogP contribution in [-0.2, 0) is 0 Å². The molecule has 0 saturated heterocycles. The lowest BCUT2D eigenvalue weighted by atomic mass is 10.3. The molecule has 2 rings (SSSR count). The van der Waals surface area contributed by atoms with Crippen LogP contribution in [0.4, 0.5) is 5.13 Å². The fraction of sp³-hybridized carbons (Fsp3) is 0.143. The van der Waals surface area contributed by atoms with E-state index in [0.717, 1.165) is 15.9 Å². The van der Waals surface area contributed by atoms with Crippen molar-refractivity contribution in [3.8, 4) is 0 Å². The highest BCUT2D eigenvalue weighted by Crippen LogP contribution is 2.25. The van der Waals surface area contributed by atoms with Crippen LogP contribution < -0.4 is 5.73 Å². The van der Waals surface area contributed by atoms with Crippen LogP contribution in [0.1, 0.15) is 5.56 Å². The first kappa shape index (κ1) is 7.76. The van der Waals surface area contributed by atoms with E-state index in [9.17, 15) is 0 Å². The Bertz CT molecular complexity index is 398. The van der Waals surface area contributed by atoms with E-state index in [2.05, 4.69) is 9.97 Å². The molecule has 12 heavy (non-hydrogen) atoms. The summed E-state index contributed by atoms with van der Waals surface area (Å²) >= 11 is 7.17. The zero-order chi connectivity index (χ0) is 8.72. The summed E-state index contributed by atoms with van der Waals surface area (Å²) in [5.74, 6) is 0. The number of nitrogen functional groups attached to an aromatic ring is 1. The lowest BCUT2D eigenvalue weighted by molar-refractivity contribution is 1.33. The molecule has 0 spiro atoms. The largest absolute Gasteiger partial charge is 0.375 e. The fourth-order valence-corrected chi connectivity index (χ4v) is 1.83. The number of aromatic nitrogens is 2. The summed E-state index contributed by atoms with van der Waals surface area (Å²) in [6, 6.07) is 1.89. The topological polar surface area (TPSA) is 51.8 Å². The number of thiazole rings is 1. The number of anilines is 1. The Balaban J connectivity index is 2.83. The lowest BCUT2D eigenvalue weighted by Crippen LogP contribution is -1.81. The smallest absolute Gasteiger partial charge is 0.182 e. The molecule has 2 aromatic rings. The third kappa shape index (κ3) is 1.13. The fourth-order valence-electron chi connectivity index (χ4n) is 0.957. The molecule has 0 saturated carbocycles. The first-order chi connectivity index (χ1) is 5.66. The number of aryl methyl sites for hydroxylation is 1. The summed E-state index contributed by atoms with van der Waals surface area (Å²) in [7, 11) is 0. The second-order valence-electron chi connectivity index (χ2n) is 2.47. The molecule has 0 unspecified atom stereocenters. The van der Waals surface area contributed by atoms with E-state index in [4.69, 9.17) is 17.3 Å². The number of hydrogen-bond acceptors (Lipinski definition) is 4. The Hall–Kier alpha value is -0.870. The first-order valence-electron chi connectivity index (χ1n) is 3.36. The summed E-state index contributed by atoms with van der Waals surface area (Å²) < 4.78 is 0. The Morgan fingerprint density at radius 1 is 1.50 bits per heavy atom. The van der Waals surface area contributed by atoms with Gasteiger partial charge in [0.2, 0.25) is 0 Å². The molecule has 0 radical (unpaired) electrons. The number of rotatable bonds is 0. The Morgan fingerprint density at radius 2 is 2.25 bits per heavy atom. The van der Waals surface area contributed by atoms with Crippen molar-refractivity contribution in [2.75, 3.05) is 5.73 Å². The minimum atomic E-state index is 0.520. The van der Waals surface area contributed by atoms with Gasteiger partial charge < -0.3 is 5.73 Å². The van der Waals surface area contributed by atoms with Crippen molar-refractivity contribution in [1.82, 2.24) is 9.97 Å². The van der Waals surface area contributed by atoms with Crippen LogP contribution in [0, 0.1) is 6.92 Å². The van der Waals surface area contributed by atoms with Gasteiger partial charge in [-0.3, -0.25) is 0 Å². The Kier molecular flexibility index (Phi) is 1.66. The number of hydrogen-bond donors (Lipinski definition) is 1. The summed E-state index contributed by atoms with van der Waals surface area (Å²) in [5, 5.41) is 1.05. The van der Waals surface area contributed by atoms with Crippen LogP contribution in [0.2, 0.25) is 5.15 Å². The van der Waals surface area contributed by atoms with Crippen molar-refractivity contribution < 1.29 is 0 Å². The number of halogens is 1. The van der Waals surface area contributed by atoms with Crippen LogP contribution in [-0.4, -0.2) is 9.97 Å². The molecule has 0 aromatic carbocycles. The van der Waals surface area contributed by atoms with Crippen molar-refractivity contribution in [2.24, 2.45) is 0 Å². The summed E-state index contributed by atoms with van der Waals surface area (Å²) in [6.07, 6.45) is 0. The molecule has 2 N–H and O–H groups in total. The van der Waals surface area contributed by atoms with Crippen LogP contribution >= 0.6 is 22.9 Å². The number of fused-ring (bicyclic) bond motifs is 1. The molecular weight excluding hydrogens is 194 g/mol. The summed E-state index contributed by atoms with van der Waals surface area (Å²) in [4.78, 5) is 9.02. The molecule has 0 amide bonds. The van der Waals surface area contributed by atoms with E-state index in [1.165, 1.54) is 11.3 Å². The van der Waals surface area contributed by atoms with Crippen LogP contribution in [0.15, 0.2) is 6.07 Å². The van der Waals surface area contributed by atoms with Gasteiger partial charge in [0.15, 0.2) is 5.13 Å². The van der Waals surface area contributed by atoms with Crippen LogP contribution in [0.3, 0.4) is 0 Å². The first-order valence-corrected chi connectivity index (χ1v) is 4.55. The average Bonchev–Trinajstić information content (AvgIpc) is 2.30. The van der Waals surface area contributed by atoms with Crippen molar-refractivity contribution >= 4 is 38.4 Å². The second kappa shape index (κ2) is 2.57. The number of nitrogens with zero attached hydrogens (tertiary/aromatic N) is 2. The summed E-state index contributed by atoms with van der Waals surface area (Å²) in [5.41, 5.74) is 7.26. The van der Waals surface area contributed by atoms with Crippen molar-refractivity contribution in [3.63, 3.8) is 0 Å². The van der Waals surface area contributed by atoms with Gasteiger partial charge in [-0.05, 0) is 18.6 Å². The quantitative estimate of drug-likeness (QED) is 0.662. The minimum Gasteiger partial charge on any atom is -0.375 e. The monoisotopic (exact) mass is 199 g/mol. The summed E-state index contributed by atoms with van der Waals surface area (Å²) in [6.45, 7) is 1.89. The van der Waals surface area contributed by atoms with Gasteiger partial charge in [0.25, 0.3) is 0 Å². The zero-order valence-corrected chi connectivity index (χ0v) is 7.91. The van der Waals surface area contributed by atoms with E-state index in [-0.39, 0.29) is 0 Å². The molecule has 0 bridgehead atoms. The molecular formula is C7H6ClN3S. The number of pyridine rings is 1. The Morgan fingerprint density at radius 3 is 3.00 bits per heavy atom. The maximum Gasteiger partial charge on any atom is 0.182 e. The normalized spacial score (nSPS) is 10.8. The van der Waals surface area contributed by atoms with E-state index in [0.29, 0.717) is 10.3 Å². The highest BCUT2D eigenvalue weighted by molar-refractivity contribution is 7.21. The van der Waals surface area contributed by atoms with Gasteiger partial charge >= 0.3 is 0 Å². The maximum atomic E-state index is 5.82. The Labute approximate surface area is 78.2 Å². The van der Waals surface area contributed by atoms with E-state index in [1.54, 1.807) is 0 Å². The molecule has 5 heteroatoms. The molecule has 0 aliphatic rings. The molecule has 0 atom stereocenters. The zero-order valence-electron chi connectivity index (χ0n) is 6.34. The van der Waals surface area contributed by atoms with Crippen LogP contribution in [0.5, 0.6) is 0 Å². The number of nitrogens with two attached hydrogens (primary N) is 1. The van der Waals surface area contributed by atoms with Gasteiger partial charge in [0.05, 0.1) is 0 Å². The third-order valence-corrected chi connectivity index (χ3v) is 2.71. The highest BCUT2D eigenvalue weighted by Gasteiger charge is 2.04. The van der Waals surface area contributed by atoms with Gasteiger partial charge in [0, 0.05) is 0 Å². The van der Waals surface area contributed by atoms with Gasteiger partial charge in [-0.1, -0.05) is 22.9 Å². The predicted molar refractivity (Wildman–Crippen MR) is 51.6 cm³/mol. The van der Waals surface area contributed by atoms with Crippen molar-refractivity contribution in [1.29, 1.82) is 0 Å². The lowest BCUT2D eigenvalue weighted by Gasteiger charge is -1.93. The maximum absolute atomic E-state index is 5.82. The van der Waals surface area contributed by atoms with E-state index >= 15 is 0 Å². The molecule has 62 valence electrons. The molecule has 0 aliphatic heterocycles. The third-order valence-electron chi connectivity index (χ3n) is 1.53. The SMILES string of the molecule is Cc1cc2nc(N)sc2nc1Cl.